The fourth-order valence-corrected chi connectivity index (χ4v) is 3.32. The lowest BCUT2D eigenvalue weighted by molar-refractivity contribution is -0.122. The van der Waals surface area contributed by atoms with E-state index in [4.69, 9.17) is 21.9 Å². The minimum Gasteiger partial charge on any atom is -0.423 e. The molecule has 1 heterocycles. The van der Waals surface area contributed by atoms with E-state index in [1.807, 2.05) is 26.1 Å². The van der Waals surface area contributed by atoms with Gasteiger partial charge in [-0.15, -0.1) is 0 Å². The van der Waals surface area contributed by atoms with E-state index in [2.05, 4.69) is 46.7 Å². The third-order valence-electron chi connectivity index (χ3n) is 5.59. The van der Waals surface area contributed by atoms with Gasteiger partial charge in [-0.3, -0.25) is 9.59 Å². The first kappa shape index (κ1) is 36.9. The van der Waals surface area contributed by atoms with Crippen molar-refractivity contribution in [3.8, 4) is 0 Å². The Hall–Kier alpha value is -3.13. The van der Waals surface area contributed by atoms with E-state index in [-0.39, 0.29) is 5.91 Å². The lowest BCUT2D eigenvalue weighted by Gasteiger charge is -2.12. The number of nitrogens with one attached hydrogen (secondary N) is 2. The standard InChI is InChI=1S/C8H8BNO3.C8H10.C7H14N2O2.C5H15N3/c11-5-10-7-2-1-6-4-13-9(12)8(6)3-7;1-2-8-6-4-3-5-7-8;1-2-9-7(11)6(8)4-3-5-10;1-8(4-2-6)5-3-7/h1-3,5,12H,4H2,(H,10,11);3-7H,2H2,1H3;5-6H,2-4,8H2,1H3,(H,9,11);2-7H2,1H3. The van der Waals surface area contributed by atoms with Crippen molar-refractivity contribution in [2.24, 2.45) is 17.2 Å². The van der Waals surface area contributed by atoms with Crippen molar-refractivity contribution in [2.75, 3.05) is 45.1 Å². The topological polar surface area (TPSA) is 186 Å². The SMILES string of the molecule is CCNC(=O)C(N)CCC=O.CCc1ccccc1.CN(CCN)CCN.O=CNc1ccc2c(c1)B(O)OC2. The second-order valence-electron chi connectivity index (χ2n) is 8.80. The van der Waals surface area contributed by atoms with E-state index in [0.717, 1.165) is 49.9 Å². The summed E-state index contributed by atoms with van der Waals surface area (Å²) in [5, 5.41) is 14.4. The fraction of sp³-hybridized carbons (Fsp3) is 0.464. The number of hydrogen-bond acceptors (Lipinski definition) is 9. The van der Waals surface area contributed by atoms with Gasteiger partial charge in [0.2, 0.25) is 12.3 Å². The second-order valence-corrected chi connectivity index (χ2v) is 8.80. The molecule has 0 aromatic heterocycles. The molecule has 1 aliphatic rings. The number of aryl methyl sites for hydroxylation is 1. The second kappa shape index (κ2) is 23.7. The van der Waals surface area contributed by atoms with Gasteiger partial charge in [0.1, 0.15) is 6.29 Å². The number of anilines is 1. The van der Waals surface area contributed by atoms with E-state index in [1.54, 1.807) is 12.1 Å². The molecule has 0 bridgehead atoms. The van der Waals surface area contributed by atoms with Crippen LogP contribution in [0.4, 0.5) is 5.69 Å². The highest BCUT2D eigenvalue weighted by atomic mass is 16.5. The van der Waals surface area contributed by atoms with Crippen LogP contribution in [0.2, 0.25) is 0 Å². The Balaban J connectivity index is 0.000000520. The fourth-order valence-electron chi connectivity index (χ4n) is 3.32. The molecule has 3 rings (SSSR count). The van der Waals surface area contributed by atoms with Crippen molar-refractivity contribution in [1.29, 1.82) is 0 Å². The number of carbonyl (C=O) groups excluding carboxylic acids is 3. The highest BCUT2D eigenvalue weighted by molar-refractivity contribution is 6.61. The van der Waals surface area contributed by atoms with Crippen LogP contribution < -0.4 is 33.3 Å². The van der Waals surface area contributed by atoms with E-state index in [1.165, 1.54) is 5.56 Å². The first-order chi connectivity index (χ1) is 19.3. The summed E-state index contributed by atoms with van der Waals surface area (Å²) >= 11 is 0. The van der Waals surface area contributed by atoms with E-state index in [9.17, 15) is 19.4 Å². The number of benzene rings is 2. The lowest BCUT2D eigenvalue weighted by atomic mass is 9.79. The average molecular weight is 559 g/mol. The summed E-state index contributed by atoms with van der Waals surface area (Å²) < 4.78 is 5.00. The largest absolute Gasteiger partial charge is 0.491 e. The van der Waals surface area contributed by atoms with Crippen molar-refractivity contribution >= 4 is 36.9 Å². The number of fused-ring (bicyclic) bond motifs is 1. The zero-order chi connectivity index (χ0) is 30.2. The highest BCUT2D eigenvalue weighted by Crippen LogP contribution is 2.13. The molecule has 2 amide bonds. The number of likely N-dealkylation sites (N-methyl/N-ethyl adjacent to an activating group) is 2. The van der Waals surface area contributed by atoms with Gasteiger partial charge in [0.25, 0.3) is 0 Å². The Morgan fingerprint density at radius 1 is 1.12 bits per heavy atom. The molecule has 1 unspecified atom stereocenters. The molecule has 0 aliphatic carbocycles. The molecule has 1 aliphatic heterocycles. The van der Waals surface area contributed by atoms with Crippen LogP contribution >= 0.6 is 0 Å². The van der Waals surface area contributed by atoms with Gasteiger partial charge < -0.3 is 47.2 Å². The molecule has 9 N–H and O–H groups in total. The Kier molecular flexibility index (Phi) is 21.9. The lowest BCUT2D eigenvalue weighted by Crippen LogP contribution is -2.40. The summed E-state index contributed by atoms with van der Waals surface area (Å²) in [5.74, 6) is -0.186. The van der Waals surface area contributed by atoms with Gasteiger partial charge >= 0.3 is 7.12 Å². The summed E-state index contributed by atoms with van der Waals surface area (Å²) in [6.07, 6.45) is 3.28. The molecule has 0 radical (unpaired) electrons. The Labute approximate surface area is 239 Å². The van der Waals surface area contributed by atoms with E-state index >= 15 is 0 Å². The number of carbonyl (C=O) groups is 3. The third-order valence-corrected chi connectivity index (χ3v) is 5.59. The summed E-state index contributed by atoms with van der Waals surface area (Å²) in [4.78, 5) is 33.1. The molecular formula is C28H47BN6O5. The molecule has 12 heteroatoms. The first-order valence-electron chi connectivity index (χ1n) is 13.5. The molecule has 0 saturated carbocycles. The monoisotopic (exact) mass is 558 g/mol. The normalized spacial score (nSPS) is 11.8. The van der Waals surface area contributed by atoms with Crippen LogP contribution in [0, 0.1) is 0 Å². The Bertz CT molecular complexity index is 948. The maximum atomic E-state index is 10.9. The van der Waals surface area contributed by atoms with E-state index < -0.39 is 13.2 Å². The van der Waals surface area contributed by atoms with Gasteiger partial charge in [0.15, 0.2) is 0 Å². The molecular weight excluding hydrogens is 511 g/mol. The summed E-state index contributed by atoms with van der Waals surface area (Å²) in [5.41, 5.74) is 19.7. The highest BCUT2D eigenvalue weighted by Gasteiger charge is 2.27. The van der Waals surface area contributed by atoms with Gasteiger partial charge in [-0.2, -0.15) is 0 Å². The Morgan fingerprint density at radius 2 is 1.77 bits per heavy atom. The molecule has 0 saturated heterocycles. The quantitative estimate of drug-likeness (QED) is 0.154. The molecule has 2 aromatic carbocycles. The zero-order valence-corrected chi connectivity index (χ0v) is 24.1. The summed E-state index contributed by atoms with van der Waals surface area (Å²) in [7, 11) is 1.16. The minimum absolute atomic E-state index is 0.186. The van der Waals surface area contributed by atoms with Crippen LogP contribution in [0.5, 0.6) is 0 Å². The maximum absolute atomic E-state index is 10.9. The minimum atomic E-state index is -0.858. The van der Waals surface area contributed by atoms with Crippen LogP contribution in [-0.2, 0) is 32.1 Å². The summed E-state index contributed by atoms with van der Waals surface area (Å²) in [6.45, 7) is 8.31. The smallest absolute Gasteiger partial charge is 0.423 e. The Morgan fingerprint density at radius 3 is 2.27 bits per heavy atom. The molecule has 40 heavy (non-hydrogen) atoms. The van der Waals surface area contributed by atoms with Crippen molar-refractivity contribution in [3.05, 3.63) is 59.7 Å². The van der Waals surface area contributed by atoms with Crippen molar-refractivity contribution < 1.29 is 24.1 Å². The van der Waals surface area contributed by atoms with Gasteiger partial charge in [0.05, 0.1) is 12.6 Å². The van der Waals surface area contributed by atoms with Crippen molar-refractivity contribution in [2.45, 2.75) is 45.8 Å². The number of nitrogens with zero attached hydrogens (tertiary/aromatic N) is 1. The van der Waals surface area contributed by atoms with Crippen LogP contribution in [0.1, 0.15) is 37.8 Å². The molecule has 222 valence electrons. The van der Waals surface area contributed by atoms with Gasteiger partial charge in [-0.05, 0) is 55.5 Å². The number of nitrogens with two attached hydrogens (primary N) is 3. The first-order valence-corrected chi connectivity index (χ1v) is 13.5. The van der Waals surface area contributed by atoms with Crippen LogP contribution in [-0.4, -0.2) is 81.5 Å². The predicted octanol–water partition coefficient (Wildman–Crippen LogP) is -0.0139. The van der Waals surface area contributed by atoms with Gasteiger partial charge in [-0.1, -0.05) is 43.3 Å². The van der Waals surface area contributed by atoms with Gasteiger partial charge in [0, 0.05) is 44.8 Å². The zero-order valence-electron chi connectivity index (χ0n) is 24.1. The number of rotatable bonds is 12. The molecule has 0 spiro atoms. The number of hydrogen-bond donors (Lipinski definition) is 6. The number of aldehydes is 1. The van der Waals surface area contributed by atoms with Crippen molar-refractivity contribution in [1.82, 2.24) is 10.2 Å². The molecule has 2 aromatic rings. The van der Waals surface area contributed by atoms with Gasteiger partial charge in [-0.25, -0.2) is 0 Å². The molecule has 11 nitrogen and oxygen atoms in total. The maximum Gasteiger partial charge on any atom is 0.491 e. The van der Waals surface area contributed by atoms with Crippen LogP contribution in [0.3, 0.4) is 0 Å². The number of amides is 2. The third kappa shape index (κ3) is 16.8. The summed E-state index contributed by atoms with van der Waals surface area (Å²) in [6, 6.07) is 15.2. The molecule has 0 fully saturated rings. The average Bonchev–Trinajstić information content (AvgIpc) is 3.33. The predicted molar refractivity (Wildman–Crippen MR) is 162 cm³/mol. The van der Waals surface area contributed by atoms with Crippen LogP contribution in [0.15, 0.2) is 48.5 Å². The van der Waals surface area contributed by atoms with Crippen LogP contribution in [0.25, 0.3) is 0 Å². The van der Waals surface area contributed by atoms with E-state index in [0.29, 0.717) is 38.1 Å². The van der Waals surface area contributed by atoms with Crippen molar-refractivity contribution in [3.63, 3.8) is 0 Å². The molecule has 1 atom stereocenters.